The van der Waals surface area contributed by atoms with Gasteiger partial charge < -0.3 is 14.7 Å². The smallest absolute Gasteiger partial charge is 0.128 e. The van der Waals surface area contributed by atoms with E-state index in [1.54, 1.807) is 6.20 Å². The highest BCUT2D eigenvalue weighted by Gasteiger charge is 2.20. The highest BCUT2D eigenvalue weighted by Crippen LogP contribution is 2.24. The lowest BCUT2D eigenvalue weighted by Gasteiger charge is -2.36. The topological polar surface area (TPSA) is 48.8 Å². The number of rotatable bonds is 6. The maximum absolute atomic E-state index is 10.4. The van der Waals surface area contributed by atoms with Gasteiger partial charge in [-0.25, -0.2) is 4.98 Å². The largest absolute Gasteiger partial charge is 0.491 e. The number of piperazine rings is 1. The number of nitrogens with zero attached hydrogens (tertiary/aromatic N) is 3. The van der Waals surface area contributed by atoms with Crippen molar-refractivity contribution in [2.75, 3.05) is 44.2 Å². The summed E-state index contributed by atoms with van der Waals surface area (Å²) in [6.07, 6.45) is 1.17. The molecule has 1 aliphatic heterocycles. The summed E-state index contributed by atoms with van der Waals surface area (Å²) in [5.41, 5.74) is 1.40. The summed E-state index contributed by atoms with van der Waals surface area (Å²) in [5, 5.41) is 11.0. The molecule has 1 unspecified atom stereocenters. The van der Waals surface area contributed by atoms with E-state index in [0.717, 1.165) is 37.7 Å². The molecule has 1 saturated heterocycles. The van der Waals surface area contributed by atoms with E-state index < -0.39 is 6.10 Å². The number of aliphatic hydroxyl groups is 1. The van der Waals surface area contributed by atoms with Gasteiger partial charge in [-0.05, 0) is 35.2 Å². The molecule has 1 aliphatic rings. The average molecular weight is 404 g/mol. The van der Waals surface area contributed by atoms with Gasteiger partial charge >= 0.3 is 0 Å². The lowest BCUT2D eigenvalue weighted by molar-refractivity contribution is 0.0662. The average Bonchev–Trinajstić information content (AvgIpc) is 2.67. The molecule has 5 nitrogen and oxygen atoms in total. The van der Waals surface area contributed by atoms with E-state index in [0.29, 0.717) is 18.2 Å². The first kappa shape index (κ1) is 20.9. The van der Waals surface area contributed by atoms with Gasteiger partial charge in [0.25, 0.3) is 0 Å². The number of aliphatic hydroxyl groups excluding tert-OH is 1. The van der Waals surface area contributed by atoms with Gasteiger partial charge in [0.15, 0.2) is 0 Å². The van der Waals surface area contributed by atoms with Crippen LogP contribution < -0.4 is 9.64 Å². The molecule has 0 radical (unpaired) electrons. The molecule has 6 heteroatoms. The summed E-state index contributed by atoms with van der Waals surface area (Å²) in [5.74, 6) is 1.75. The Morgan fingerprint density at radius 2 is 1.75 bits per heavy atom. The molecule has 2 heterocycles. The van der Waals surface area contributed by atoms with Crippen LogP contribution in [0.25, 0.3) is 0 Å². The minimum atomic E-state index is -0.512. The van der Waals surface area contributed by atoms with Gasteiger partial charge in [-0.15, -0.1) is 0 Å². The Morgan fingerprint density at radius 3 is 2.32 bits per heavy atom. The summed E-state index contributed by atoms with van der Waals surface area (Å²) >= 11 is 5.90. The van der Waals surface area contributed by atoms with Gasteiger partial charge in [-0.1, -0.05) is 44.5 Å². The van der Waals surface area contributed by atoms with Gasteiger partial charge in [0, 0.05) is 38.9 Å². The van der Waals surface area contributed by atoms with Crippen molar-refractivity contribution in [2.24, 2.45) is 0 Å². The van der Waals surface area contributed by atoms with Crippen LogP contribution in [0.15, 0.2) is 42.6 Å². The molecule has 28 heavy (non-hydrogen) atoms. The summed E-state index contributed by atoms with van der Waals surface area (Å²) < 4.78 is 5.77. The van der Waals surface area contributed by atoms with E-state index in [4.69, 9.17) is 16.3 Å². The second kappa shape index (κ2) is 9.12. The molecule has 0 saturated carbocycles. The van der Waals surface area contributed by atoms with Crippen LogP contribution in [-0.4, -0.2) is 60.4 Å². The number of pyridine rings is 1. The third-order valence-corrected chi connectivity index (χ3v) is 5.26. The van der Waals surface area contributed by atoms with Crippen LogP contribution in [0.5, 0.6) is 5.75 Å². The predicted octanol–water partition coefficient (Wildman–Crippen LogP) is 3.59. The molecule has 1 aromatic carbocycles. The minimum Gasteiger partial charge on any atom is -0.491 e. The van der Waals surface area contributed by atoms with E-state index in [1.165, 1.54) is 5.56 Å². The van der Waals surface area contributed by atoms with Crippen molar-refractivity contribution >= 4 is 17.4 Å². The molecule has 0 aliphatic carbocycles. The second-order valence-electron chi connectivity index (χ2n) is 8.36. The standard InChI is InChI=1S/C22H30ClN3O2/c1-22(2,3)17-4-7-20(8-5-17)28-16-19(27)15-25-10-12-26(13-11-25)21-9-6-18(23)14-24-21/h4-9,14,19,27H,10-13,15-16H2,1-3H3. The fraction of sp³-hybridized carbons (Fsp3) is 0.500. The fourth-order valence-electron chi connectivity index (χ4n) is 3.31. The molecule has 152 valence electrons. The van der Waals surface area contributed by atoms with E-state index >= 15 is 0 Å². The molecule has 1 fully saturated rings. The first-order valence-electron chi connectivity index (χ1n) is 9.81. The van der Waals surface area contributed by atoms with Gasteiger partial charge in [0.05, 0.1) is 5.02 Å². The molecule has 1 atom stereocenters. The van der Waals surface area contributed by atoms with Crippen molar-refractivity contribution in [3.8, 4) is 5.75 Å². The Kier molecular flexibility index (Phi) is 6.81. The van der Waals surface area contributed by atoms with Crippen LogP contribution in [0.3, 0.4) is 0 Å². The number of aromatic nitrogens is 1. The minimum absolute atomic E-state index is 0.127. The molecule has 0 amide bonds. The Bertz CT molecular complexity index is 736. The molecule has 1 aromatic heterocycles. The van der Waals surface area contributed by atoms with Crippen LogP contribution in [0, 0.1) is 0 Å². The van der Waals surface area contributed by atoms with Crippen molar-refractivity contribution in [1.82, 2.24) is 9.88 Å². The Morgan fingerprint density at radius 1 is 1.07 bits per heavy atom. The summed E-state index contributed by atoms with van der Waals surface area (Å²) in [6.45, 7) is 11.0. The Balaban J connectivity index is 1.41. The normalized spacial score (nSPS) is 16.8. The number of anilines is 1. The molecule has 1 N–H and O–H groups in total. The van der Waals surface area contributed by atoms with Gasteiger partial charge in [-0.2, -0.15) is 0 Å². The highest BCUT2D eigenvalue weighted by molar-refractivity contribution is 6.30. The third-order valence-electron chi connectivity index (χ3n) is 5.04. The quantitative estimate of drug-likeness (QED) is 0.798. The van der Waals surface area contributed by atoms with Crippen LogP contribution in [-0.2, 0) is 5.41 Å². The number of benzene rings is 1. The van der Waals surface area contributed by atoms with Gasteiger partial charge in [0.2, 0.25) is 0 Å². The highest BCUT2D eigenvalue weighted by atomic mass is 35.5. The van der Waals surface area contributed by atoms with Gasteiger partial charge in [0.1, 0.15) is 24.3 Å². The molecular weight excluding hydrogens is 374 g/mol. The Labute approximate surface area is 172 Å². The number of β-amino-alcohol motifs (C(OH)–C–C–N with tert-alkyl or cyclic N) is 1. The van der Waals surface area contributed by atoms with Crippen molar-refractivity contribution in [3.05, 3.63) is 53.2 Å². The molecule has 2 aromatic rings. The van der Waals surface area contributed by atoms with E-state index in [2.05, 4.69) is 47.7 Å². The van der Waals surface area contributed by atoms with E-state index in [-0.39, 0.29) is 5.41 Å². The fourth-order valence-corrected chi connectivity index (χ4v) is 3.42. The van der Waals surface area contributed by atoms with Crippen molar-refractivity contribution in [1.29, 1.82) is 0 Å². The van der Waals surface area contributed by atoms with Crippen LogP contribution >= 0.6 is 11.6 Å². The number of ether oxygens (including phenoxy) is 1. The number of hydrogen-bond donors (Lipinski definition) is 1. The molecule has 0 bridgehead atoms. The summed E-state index contributed by atoms with van der Waals surface area (Å²) in [4.78, 5) is 8.89. The van der Waals surface area contributed by atoms with Crippen LogP contribution in [0.1, 0.15) is 26.3 Å². The molecular formula is C22H30ClN3O2. The van der Waals surface area contributed by atoms with Crippen molar-refractivity contribution in [2.45, 2.75) is 32.3 Å². The third kappa shape index (κ3) is 5.84. The maximum atomic E-state index is 10.4. The summed E-state index contributed by atoms with van der Waals surface area (Å²) in [7, 11) is 0. The SMILES string of the molecule is CC(C)(C)c1ccc(OCC(O)CN2CCN(c3ccc(Cl)cn3)CC2)cc1. The zero-order chi connectivity index (χ0) is 20.1. The lowest BCUT2D eigenvalue weighted by atomic mass is 9.87. The zero-order valence-electron chi connectivity index (χ0n) is 16.9. The van der Waals surface area contributed by atoms with Gasteiger partial charge in [-0.3, -0.25) is 4.90 Å². The monoisotopic (exact) mass is 403 g/mol. The van der Waals surface area contributed by atoms with Crippen LogP contribution in [0.4, 0.5) is 5.82 Å². The predicted molar refractivity (Wildman–Crippen MR) is 115 cm³/mol. The Hall–Kier alpha value is -1.82. The van der Waals surface area contributed by atoms with Crippen molar-refractivity contribution < 1.29 is 9.84 Å². The zero-order valence-corrected chi connectivity index (χ0v) is 17.7. The van der Waals surface area contributed by atoms with Crippen molar-refractivity contribution in [3.63, 3.8) is 0 Å². The molecule has 3 rings (SSSR count). The molecule has 0 spiro atoms. The number of halogens is 1. The van der Waals surface area contributed by atoms with Crippen LogP contribution in [0.2, 0.25) is 5.02 Å². The van der Waals surface area contributed by atoms with E-state index in [1.807, 2.05) is 24.3 Å². The maximum Gasteiger partial charge on any atom is 0.128 e. The summed E-state index contributed by atoms with van der Waals surface area (Å²) in [6, 6.07) is 11.9. The van der Waals surface area contributed by atoms with E-state index in [9.17, 15) is 5.11 Å². The first-order chi connectivity index (χ1) is 13.3. The lowest BCUT2D eigenvalue weighted by Crippen LogP contribution is -2.49. The second-order valence-corrected chi connectivity index (χ2v) is 8.80. The number of hydrogen-bond acceptors (Lipinski definition) is 5. The first-order valence-corrected chi connectivity index (χ1v) is 10.2.